The van der Waals surface area contributed by atoms with Gasteiger partial charge in [-0.1, -0.05) is 6.07 Å². The molecule has 0 bridgehead atoms. The van der Waals surface area contributed by atoms with Gasteiger partial charge in [0.05, 0.1) is 18.8 Å². The van der Waals surface area contributed by atoms with Crippen molar-refractivity contribution < 1.29 is 4.79 Å². The average molecular weight is 344 g/mol. The number of aryl methyl sites for hydroxylation is 1. The summed E-state index contributed by atoms with van der Waals surface area (Å²) >= 11 is 0. The van der Waals surface area contributed by atoms with Crippen molar-refractivity contribution >= 4 is 17.5 Å². The van der Waals surface area contributed by atoms with Crippen molar-refractivity contribution in [2.24, 2.45) is 4.99 Å². The van der Waals surface area contributed by atoms with E-state index in [4.69, 9.17) is 0 Å². The number of aromatic nitrogens is 2. The van der Waals surface area contributed by atoms with Gasteiger partial charge in [0.1, 0.15) is 5.65 Å². The molecular weight excluding hydrogens is 316 g/mol. The van der Waals surface area contributed by atoms with Gasteiger partial charge >= 0.3 is 0 Å². The third kappa shape index (κ3) is 5.77. The largest absolute Gasteiger partial charge is 0.357 e. The summed E-state index contributed by atoms with van der Waals surface area (Å²) in [5.74, 6) is 0.529. The number of hydrogen-bond acceptors (Lipinski definition) is 3. The number of guanidine groups is 1. The molecule has 2 aromatic heterocycles. The molecule has 25 heavy (non-hydrogen) atoms. The summed E-state index contributed by atoms with van der Waals surface area (Å²) in [6.45, 7) is 11.2. The van der Waals surface area contributed by atoms with E-state index < -0.39 is 0 Å². The number of hydrogen-bond donors (Lipinski definition) is 3. The number of nitrogens with zero attached hydrogens (tertiary/aromatic N) is 3. The van der Waals surface area contributed by atoms with E-state index in [1.54, 1.807) is 0 Å². The van der Waals surface area contributed by atoms with Gasteiger partial charge in [-0.3, -0.25) is 4.79 Å². The number of pyridine rings is 1. The van der Waals surface area contributed by atoms with Crippen molar-refractivity contribution in [3.05, 3.63) is 35.8 Å². The van der Waals surface area contributed by atoms with Crippen molar-refractivity contribution in [2.75, 3.05) is 13.1 Å². The van der Waals surface area contributed by atoms with E-state index >= 15 is 0 Å². The van der Waals surface area contributed by atoms with Gasteiger partial charge in [-0.25, -0.2) is 9.98 Å². The first kappa shape index (κ1) is 18.8. The van der Waals surface area contributed by atoms with Gasteiger partial charge in [-0.05, 0) is 46.8 Å². The average Bonchev–Trinajstić information content (AvgIpc) is 2.93. The van der Waals surface area contributed by atoms with E-state index in [0.29, 0.717) is 12.5 Å². The van der Waals surface area contributed by atoms with E-state index in [9.17, 15) is 4.79 Å². The predicted octanol–water partition coefficient (Wildman–Crippen LogP) is 1.61. The smallest absolute Gasteiger partial charge is 0.239 e. The molecule has 2 heterocycles. The Morgan fingerprint density at radius 3 is 2.68 bits per heavy atom. The third-order valence-electron chi connectivity index (χ3n) is 3.42. The fraction of sp³-hybridized carbons (Fsp3) is 0.500. The molecule has 7 heteroatoms. The molecule has 7 nitrogen and oxygen atoms in total. The lowest BCUT2D eigenvalue weighted by molar-refractivity contribution is -0.121. The Morgan fingerprint density at radius 1 is 1.28 bits per heavy atom. The Hall–Kier alpha value is -2.57. The zero-order valence-electron chi connectivity index (χ0n) is 15.7. The van der Waals surface area contributed by atoms with Crippen LogP contribution in [-0.4, -0.2) is 39.9 Å². The zero-order valence-corrected chi connectivity index (χ0v) is 15.7. The number of imidazole rings is 1. The Balaban J connectivity index is 2.00. The first-order valence-electron chi connectivity index (χ1n) is 8.55. The van der Waals surface area contributed by atoms with Crippen LogP contribution < -0.4 is 16.0 Å². The van der Waals surface area contributed by atoms with Crippen LogP contribution in [0.5, 0.6) is 0 Å². The second-order valence-electron chi connectivity index (χ2n) is 6.97. The summed E-state index contributed by atoms with van der Waals surface area (Å²) < 4.78 is 2.04. The molecule has 0 radical (unpaired) electrons. The minimum atomic E-state index is -0.247. The van der Waals surface area contributed by atoms with Gasteiger partial charge in [0.15, 0.2) is 5.96 Å². The van der Waals surface area contributed by atoms with Gasteiger partial charge in [0.2, 0.25) is 5.91 Å². The molecule has 0 atom stereocenters. The fourth-order valence-corrected chi connectivity index (χ4v) is 2.40. The van der Waals surface area contributed by atoms with Crippen molar-refractivity contribution in [1.82, 2.24) is 25.3 Å². The van der Waals surface area contributed by atoms with Crippen molar-refractivity contribution in [3.8, 4) is 0 Å². The summed E-state index contributed by atoms with van der Waals surface area (Å²) in [6.07, 6.45) is 1.99. The molecule has 0 saturated heterocycles. The van der Waals surface area contributed by atoms with E-state index in [1.807, 2.05) is 63.4 Å². The van der Waals surface area contributed by atoms with Crippen LogP contribution in [0.1, 0.15) is 39.1 Å². The molecule has 0 aromatic carbocycles. The summed E-state index contributed by atoms with van der Waals surface area (Å²) in [5, 5.41) is 9.11. The number of rotatable bonds is 5. The Bertz CT molecular complexity index is 757. The quantitative estimate of drug-likeness (QED) is 0.568. The van der Waals surface area contributed by atoms with Crippen LogP contribution in [0, 0.1) is 6.92 Å². The molecule has 2 aromatic rings. The van der Waals surface area contributed by atoms with Crippen LogP contribution >= 0.6 is 0 Å². The first-order chi connectivity index (χ1) is 11.8. The van der Waals surface area contributed by atoms with Crippen molar-refractivity contribution in [1.29, 1.82) is 0 Å². The van der Waals surface area contributed by atoms with Gasteiger partial charge in [0, 0.05) is 24.0 Å². The molecule has 0 saturated carbocycles. The normalized spacial score (nSPS) is 12.3. The molecule has 1 amide bonds. The van der Waals surface area contributed by atoms with Crippen LogP contribution in [0.15, 0.2) is 29.4 Å². The number of carbonyl (C=O) groups excluding carboxylic acids is 1. The zero-order chi connectivity index (χ0) is 18.4. The Kier molecular flexibility index (Phi) is 6.01. The molecule has 136 valence electrons. The minimum absolute atomic E-state index is 0.0681. The number of carbonyl (C=O) groups is 1. The van der Waals surface area contributed by atoms with Crippen molar-refractivity contribution in [2.45, 2.75) is 46.7 Å². The second kappa shape index (κ2) is 8.00. The van der Waals surface area contributed by atoms with Crippen LogP contribution in [-0.2, 0) is 11.3 Å². The van der Waals surface area contributed by atoms with Gasteiger partial charge in [-0.15, -0.1) is 0 Å². The van der Waals surface area contributed by atoms with E-state index in [-0.39, 0.29) is 18.0 Å². The number of fused-ring (bicyclic) bond motifs is 1. The summed E-state index contributed by atoms with van der Waals surface area (Å²) in [4.78, 5) is 21.0. The molecule has 0 aliphatic carbocycles. The predicted molar refractivity (Wildman–Crippen MR) is 101 cm³/mol. The number of aliphatic imine (C=N–C) groups is 1. The highest BCUT2D eigenvalue weighted by molar-refractivity contribution is 5.86. The maximum atomic E-state index is 11.9. The van der Waals surface area contributed by atoms with Crippen LogP contribution in [0.25, 0.3) is 5.65 Å². The summed E-state index contributed by atoms with van der Waals surface area (Å²) in [5.41, 5.74) is 2.67. The van der Waals surface area contributed by atoms with Gasteiger partial charge in [-0.2, -0.15) is 0 Å². The lowest BCUT2D eigenvalue weighted by atomic mass is 10.1. The molecule has 2 rings (SSSR count). The van der Waals surface area contributed by atoms with Crippen LogP contribution in [0.4, 0.5) is 0 Å². The van der Waals surface area contributed by atoms with E-state index in [2.05, 4.69) is 25.9 Å². The van der Waals surface area contributed by atoms with Crippen molar-refractivity contribution in [3.63, 3.8) is 0 Å². The lowest BCUT2D eigenvalue weighted by Crippen LogP contribution is -2.48. The molecule has 0 fully saturated rings. The molecular formula is C18H28N6O. The highest BCUT2D eigenvalue weighted by atomic mass is 16.2. The molecule has 0 spiro atoms. The van der Waals surface area contributed by atoms with E-state index in [0.717, 1.165) is 23.6 Å². The SMILES string of the molecule is CCNC(=NCc1cn2c(C)cccc2n1)NCC(=O)NC(C)(C)C. The highest BCUT2D eigenvalue weighted by Crippen LogP contribution is 2.09. The number of amides is 1. The summed E-state index contributed by atoms with van der Waals surface area (Å²) in [7, 11) is 0. The van der Waals surface area contributed by atoms with E-state index in [1.165, 1.54) is 0 Å². The summed E-state index contributed by atoms with van der Waals surface area (Å²) in [6, 6.07) is 6.01. The Morgan fingerprint density at radius 2 is 2.04 bits per heavy atom. The first-order valence-corrected chi connectivity index (χ1v) is 8.55. The monoisotopic (exact) mass is 344 g/mol. The maximum Gasteiger partial charge on any atom is 0.239 e. The lowest BCUT2D eigenvalue weighted by Gasteiger charge is -2.21. The van der Waals surface area contributed by atoms with Gasteiger partial charge < -0.3 is 20.4 Å². The molecule has 0 unspecified atom stereocenters. The highest BCUT2D eigenvalue weighted by Gasteiger charge is 2.13. The second-order valence-corrected chi connectivity index (χ2v) is 6.97. The fourth-order valence-electron chi connectivity index (χ4n) is 2.40. The number of nitrogens with one attached hydrogen (secondary N) is 3. The minimum Gasteiger partial charge on any atom is -0.357 e. The topological polar surface area (TPSA) is 82.8 Å². The van der Waals surface area contributed by atoms with Crippen LogP contribution in [0.3, 0.4) is 0 Å². The molecule has 0 aliphatic rings. The Labute approximate surface area is 148 Å². The van der Waals surface area contributed by atoms with Crippen LogP contribution in [0.2, 0.25) is 0 Å². The molecule has 3 N–H and O–H groups in total. The maximum absolute atomic E-state index is 11.9. The van der Waals surface area contributed by atoms with Gasteiger partial charge in [0.25, 0.3) is 0 Å². The molecule has 0 aliphatic heterocycles. The standard InChI is InChI=1S/C18H28N6O/c1-6-19-17(21-11-16(25)23-18(3,4)5)20-10-14-12-24-13(2)8-7-9-15(24)22-14/h7-9,12H,6,10-11H2,1-5H3,(H,23,25)(H2,19,20,21). The third-order valence-corrected chi connectivity index (χ3v) is 3.42.